The fourth-order valence-corrected chi connectivity index (χ4v) is 4.72. The predicted octanol–water partition coefficient (Wildman–Crippen LogP) is 5.25. The average Bonchev–Trinajstić information content (AvgIpc) is 3.52. The summed E-state index contributed by atoms with van der Waals surface area (Å²) in [6, 6.07) is 13.7. The summed E-state index contributed by atoms with van der Waals surface area (Å²) in [6.07, 6.45) is 0.718. The average molecular weight is 467 g/mol. The highest BCUT2D eigenvalue weighted by atomic mass is 32.1. The molecule has 1 aromatic heterocycles. The number of nitro groups is 1. The van der Waals surface area contributed by atoms with E-state index in [-0.39, 0.29) is 35.6 Å². The molecule has 1 fully saturated rings. The van der Waals surface area contributed by atoms with Crippen LogP contribution in [0.25, 0.3) is 11.1 Å². The molecule has 1 heterocycles. The molecule has 2 aromatic carbocycles. The van der Waals surface area contributed by atoms with Gasteiger partial charge >= 0.3 is 5.97 Å². The highest BCUT2D eigenvalue weighted by Gasteiger charge is 2.44. The van der Waals surface area contributed by atoms with Crippen LogP contribution in [0.4, 0.5) is 10.7 Å². The zero-order valence-corrected chi connectivity index (χ0v) is 18.9. The number of nitro benzene ring substituents is 1. The number of hydrogen-bond donors (Lipinski definition) is 1. The minimum atomic E-state index is -0.585. The maximum Gasteiger partial charge on any atom is 0.341 e. The van der Waals surface area contributed by atoms with Gasteiger partial charge in [-0.05, 0) is 42.5 Å². The molecule has 2 atom stereocenters. The van der Waals surface area contributed by atoms with Gasteiger partial charge in [-0.25, -0.2) is 4.79 Å². The van der Waals surface area contributed by atoms with Gasteiger partial charge in [0.1, 0.15) is 16.3 Å². The molecule has 1 amide bonds. The van der Waals surface area contributed by atoms with Crippen LogP contribution in [0, 0.1) is 16.0 Å². The van der Waals surface area contributed by atoms with Crippen LogP contribution in [0.5, 0.6) is 5.75 Å². The number of thiophene rings is 1. The molecule has 33 heavy (non-hydrogen) atoms. The molecule has 1 aliphatic carbocycles. The zero-order valence-electron chi connectivity index (χ0n) is 18.1. The van der Waals surface area contributed by atoms with E-state index in [2.05, 4.69) is 5.32 Å². The number of hydrogen-bond acceptors (Lipinski definition) is 7. The number of esters is 1. The van der Waals surface area contributed by atoms with Crippen LogP contribution < -0.4 is 10.1 Å². The van der Waals surface area contributed by atoms with E-state index in [4.69, 9.17) is 9.47 Å². The third-order valence-corrected chi connectivity index (χ3v) is 6.44. The molecule has 0 bridgehead atoms. The second-order valence-corrected chi connectivity index (χ2v) is 8.47. The first-order chi connectivity index (χ1) is 15.9. The third kappa shape index (κ3) is 4.73. The predicted molar refractivity (Wildman–Crippen MR) is 125 cm³/mol. The number of nitrogens with zero attached hydrogens (tertiary/aromatic N) is 1. The molecular formula is C24H22N2O6S. The summed E-state index contributed by atoms with van der Waals surface area (Å²) >= 11 is 1.20. The van der Waals surface area contributed by atoms with Gasteiger partial charge < -0.3 is 14.8 Å². The third-order valence-electron chi connectivity index (χ3n) is 5.55. The molecule has 9 heteroatoms. The Bertz CT molecular complexity index is 1200. The first-order valence-electron chi connectivity index (χ1n) is 10.4. The molecular weight excluding hydrogens is 444 g/mol. The van der Waals surface area contributed by atoms with Crippen molar-refractivity contribution in [2.75, 3.05) is 19.0 Å². The van der Waals surface area contributed by atoms with Gasteiger partial charge in [0.15, 0.2) is 0 Å². The number of non-ortho nitro benzene ring substituents is 1. The van der Waals surface area contributed by atoms with Crippen LogP contribution in [0.15, 0.2) is 53.9 Å². The number of benzene rings is 2. The number of amides is 1. The van der Waals surface area contributed by atoms with Crippen molar-refractivity contribution in [3.63, 3.8) is 0 Å². The van der Waals surface area contributed by atoms with E-state index >= 15 is 0 Å². The van der Waals surface area contributed by atoms with Crippen LogP contribution in [0.1, 0.15) is 35.2 Å². The summed E-state index contributed by atoms with van der Waals surface area (Å²) in [5.74, 6) is -0.0893. The smallest absolute Gasteiger partial charge is 0.341 e. The molecule has 0 radical (unpaired) electrons. The number of methoxy groups -OCH3 is 1. The van der Waals surface area contributed by atoms with Crippen LogP contribution in [0.3, 0.4) is 0 Å². The highest BCUT2D eigenvalue weighted by molar-refractivity contribution is 7.15. The minimum Gasteiger partial charge on any atom is -0.497 e. The number of nitrogens with one attached hydrogen (secondary N) is 1. The van der Waals surface area contributed by atoms with Gasteiger partial charge in [-0.3, -0.25) is 14.9 Å². The number of ether oxygens (including phenoxy) is 2. The Morgan fingerprint density at radius 3 is 2.64 bits per heavy atom. The van der Waals surface area contributed by atoms with E-state index in [1.807, 2.05) is 24.3 Å². The first-order valence-corrected chi connectivity index (χ1v) is 11.3. The summed E-state index contributed by atoms with van der Waals surface area (Å²) in [4.78, 5) is 36.4. The molecule has 0 saturated heterocycles. The van der Waals surface area contributed by atoms with Crippen molar-refractivity contribution in [1.29, 1.82) is 0 Å². The van der Waals surface area contributed by atoms with Crippen molar-refractivity contribution in [2.45, 2.75) is 19.3 Å². The minimum absolute atomic E-state index is 0.0839. The lowest BCUT2D eigenvalue weighted by Crippen LogP contribution is -2.16. The van der Waals surface area contributed by atoms with Crippen LogP contribution >= 0.6 is 11.3 Å². The lowest BCUT2D eigenvalue weighted by molar-refractivity contribution is -0.384. The molecule has 1 saturated carbocycles. The van der Waals surface area contributed by atoms with Gasteiger partial charge in [0.05, 0.1) is 18.6 Å². The molecule has 0 spiro atoms. The van der Waals surface area contributed by atoms with Crippen molar-refractivity contribution >= 4 is 33.9 Å². The summed E-state index contributed by atoms with van der Waals surface area (Å²) in [7, 11) is 1.60. The Balaban J connectivity index is 1.57. The van der Waals surface area contributed by atoms with E-state index in [0.717, 1.165) is 17.7 Å². The second kappa shape index (κ2) is 9.41. The zero-order chi connectivity index (χ0) is 23.5. The largest absolute Gasteiger partial charge is 0.497 e. The van der Waals surface area contributed by atoms with Crippen LogP contribution in [0.2, 0.25) is 0 Å². The molecule has 170 valence electrons. The van der Waals surface area contributed by atoms with Crippen molar-refractivity contribution in [1.82, 2.24) is 0 Å². The second-order valence-electron chi connectivity index (χ2n) is 7.59. The molecule has 8 nitrogen and oxygen atoms in total. The number of rotatable bonds is 8. The van der Waals surface area contributed by atoms with Gasteiger partial charge in [-0.15, -0.1) is 11.3 Å². The van der Waals surface area contributed by atoms with E-state index in [9.17, 15) is 19.7 Å². The van der Waals surface area contributed by atoms with Gasteiger partial charge in [-0.1, -0.05) is 24.3 Å². The van der Waals surface area contributed by atoms with Crippen molar-refractivity contribution in [3.05, 3.63) is 75.2 Å². The standard InChI is InChI=1S/C24H22N2O6S/c1-3-32-24(28)21-20(15-5-4-6-16(11-15)26(29)30)13-33-23(21)25-22(27)19-12-18(19)14-7-9-17(31-2)10-8-14/h4-11,13,18-19H,3,12H2,1-2H3,(H,25,27). The van der Waals surface area contributed by atoms with E-state index in [1.54, 1.807) is 31.5 Å². The first kappa shape index (κ1) is 22.5. The Kier molecular flexibility index (Phi) is 6.41. The van der Waals surface area contributed by atoms with Gasteiger partial charge in [0, 0.05) is 29.0 Å². The van der Waals surface area contributed by atoms with Gasteiger partial charge in [0.25, 0.3) is 5.69 Å². The molecule has 1 N–H and O–H groups in total. The molecule has 3 aromatic rings. The summed E-state index contributed by atoms with van der Waals surface area (Å²) in [6.45, 7) is 1.86. The fourth-order valence-electron chi connectivity index (χ4n) is 3.76. The highest BCUT2D eigenvalue weighted by Crippen LogP contribution is 2.49. The topological polar surface area (TPSA) is 108 Å². The van der Waals surface area contributed by atoms with Gasteiger partial charge in [-0.2, -0.15) is 0 Å². The van der Waals surface area contributed by atoms with Crippen LogP contribution in [-0.4, -0.2) is 30.5 Å². The van der Waals surface area contributed by atoms with E-state index in [1.165, 1.54) is 23.5 Å². The SMILES string of the molecule is CCOC(=O)c1c(-c2cccc([N+](=O)[O-])c2)csc1NC(=O)C1CC1c1ccc(OC)cc1. The monoisotopic (exact) mass is 466 g/mol. The maximum absolute atomic E-state index is 12.9. The van der Waals surface area contributed by atoms with Gasteiger partial charge in [0.2, 0.25) is 5.91 Å². The number of anilines is 1. The molecule has 0 aliphatic heterocycles. The summed E-state index contributed by atoms with van der Waals surface area (Å²) < 4.78 is 10.4. The van der Waals surface area contributed by atoms with Crippen molar-refractivity contribution in [3.8, 4) is 16.9 Å². The molecule has 4 rings (SSSR count). The number of carbonyl (C=O) groups excluding carboxylic acids is 2. The van der Waals surface area contributed by atoms with E-state index in [0.29, 0.717) is 16.1 Å². The van der Waals surface area contributed by atoms with E-state index < -0.39 is 10.9 Å². The number of carbonyl (C=O) groups is 2. The summed E-state index contributed by atoms with van der Waals surface area (Å²) in [5, 5.41) is 16.1. The summed E-state index contributed by atoms with van der Waals surface area (Å²) in [5.41, 5.74) is 2.17. The Morgan fingerprint density at radius 2 is 1.97 bits per heavy atom. The van der Waals surface area contributed by atoms with Crippen molar-refractivity contribution in [2.24, 2.45) is 5.92 Å². The van der Waals surface area contributed by atoms with Crippen LogP contribution in [-0.2, 0) is 9.53 Å². The molecule has 2 unspecified atom stereocenters. The quantitative estimate of drug-likeness (QED) is 0.276. The normalized spacial score (nSPS) is 16.7. The Morgan fingerprint density at radius 1 is 1.21 bits per heavy atom. The fraction of sp³-hybridized carbons (Fsp3) is 0.250. The lowest BCUT2D eigenvalue weighted by Gasteiger charge is -2.09. The maximum atomic E-state index is 12.9. The molecule has 1 aliphatic rings. The lowest BCUT2D eigenvalue weighted by atomic mass is 10.0. The van der Waals surface area contributed by atoms with Crippen molar-refractivity contribution < 1.29 is 24.0 Å². The Labute approximate surface area is 194 Å². The Hall–Kier alpha value is -3.72.